The van der Waals surface area contributed by atoms with Gasteiger partial charge in [-0.1, -0.05) is 0 Å². The lowest BCUT2D eigenvalue weighted by Crippen LogP contribution is -2.41. The molecule has 1 heterocycles. The van der Waals surface area contributed by atoms with Gasteiger partial charge in [-0.15, -0.1) is 11.3 Å². The van der Waals surface area contributed by atoms with Crippen LogP contribution in [0.4, 0.5) is 0 Å². The molecular weight excluding hydrogens is 240 g/mol. The largest absolute Gasteiger partial charge is 0.388 e. The van der Waals surface area contributed by atoms with Crippen molar-refractivity contribution in [3.63, 3.8) is 0 Å². The number of carbonyl (C=O) groups excluding carboxylic acids is 1. The lowest BCUT2D eigenvalue weighted by molar-refractivity contribution is 0.0244. The number of amides is 1. The zero-order valence-corrected chi connectivity index (χ0v) is 11.1. The van der Waals surface area contributed by atoms with Gasteiger partial charge in [-0.2, -0.15) is 0 Å². The summed E-state index contributed by atoms with van der Waals surface area (Å²) in [7, 11) is 1.58. The van der Waals surface area contributed by atoms with E-state index in [1.807, 2.05) is 0 Å². The van der Waals surface area contributed by atoms with Crippen molar-refractivity contribution in [2.45, 2.75) is 25.9 Å². The molecule has 2 N–H and O–H groups in total. The third-order valence-corrected chi connectivity index (χ3v) is 3.35. The molecule has 0 saturated carbocycles. The first kappa shape index (κ1) is 14.1. The van der Waals surface area contributed by atoms with Gasteiger partial charge in [-0.05, 0) is 13.8 Å². The standard InChI is InChI=1S/C11H18N2O3S/c1-8-9(17-7-13-8)10(14)12-6-11(2,15)4-5-16-3/h7,15H,4-6H2,1-3H3,(H,12,14). The van der Waals surface area contributed by atoms with Crippen molar-refractivity contribution in [2.75, 3.05) is 20.3 Å². The van der Waals surface area contributed by atoms with Crippen LogP contribution in [0.25, 0.3) is 0 Å². The van der Waals surface area contributed by atoms with Crippen LogP contribution in [0.1, 0.15) is 28.7 Å². The summed E-state index contributed by atoms with van der Waals surface area (Å²) in [5.74, 6) is -0.192. The Hall–Kier alpha value is -0.980. The number of nitrogens with zero attached hydrogens (tertiary/aromatic N) is 1. The fourth-order valence-electron chi connectivity index (χ4n) is 1.28. The number of nitrogens with one attached hydrogen (secondary N) is 1. The first-order chi connectivity index (χ1) is 7.96. The zero-order chi connectivity index (χ0) is 12.9. The molecule has 1 unspecified atom stereocenters. The second-order valence-electron chi connectivity index (χ2n) is 4.19. The van der Waals surface area contributed by atoms with Crippen molar-refractivity contribution in [2.24, 2.45) is 0 Å². The molecule has 1 atom stereocenters. The highest BCUT2D eigenvalue weighted by atomic mass is 32.1. The lowest BCUT2D eigenvalue weighted by atomic mass is 10.0. The molecule has 0 fully saturated rings. The van der Waals surface area contributed by atoms with Crippen LogP contribution in [0.15, 0.2) is 5.51 Å². The van der Waals surface area contributed by atoms with E-state index in [4.69, 9.17) is 4.74 Å². The van der Waals surface area contributed by atoms with E-state index >= 15 is 0 Å². The van der Waals surface area contributed by atoms with Crippen molar-refractivity contribution in [3.05, 3.63) is 16.1 Å². The highest BCUT2D eigenvalue weighted by Gasteiger charge is 2.22. The van der Waals surface area contributed by atoms with Gasteiger partial charge in [0.2, 0.25) is 0 Å². The van der Waals surface area contributed by atoms with E-state index in [1.165, 1.54) is 11.3 Å². The Kier molecular flexibility index (Phi) is 5.04. The van der Waals surface area contributed by atoms with Crippen LogP contribution in [-0.4, -0.2) is 41.9 Å². The summed E-state index contributed by atoms with van der Waals surface area (Å²) in [5, 5.41) is 12.7. The minimum absolute atomic E-state index is 0.192. The van der Waals surface area contributed by atoms with Crippen LogP contribution in [0, 0.1) is 6.92 Å². The van der Waals surface area contributed by atoms with Crippen LogP contribution in [0.5, 0.6) is 0 Å². The predicted molar refractivity (Wildman–Crippen MR) is 66.3 cm³/mol. The van der Waals surface area contributed by atoms with Crippen molar-refractivity contribution >= 4 is 17.2 Å². The Morgan fingerprint density at radius 1 is 1.71 bits per heavy atom. The van der Waals surface area contributed by atoms with Crippen molar-refractivity contribution in [1.82, 2.24) is 10.3 Å². The molecule has 0 bridgehead atoms. The predicted octanol–water partition coefficient (Wildman–Crippen LogP) is 0.969. The molecule has 0 aliphatic rings. The monoisotopic (exact) mass is 258 g/mol. The average Bonchev–Trinajstić information content (AvgIpc) is 2.70. The first-order valence-corrected chi connectivity index (χ1v) is 6.24. The summed E-state index contributed by atoms with van der Waals surface area (Å²) in [6, 6.07) is 0. The van der Waals surface area contributed by atoms with Gasteiger partial charge in [0.15, 0.2) is 0 Å². The molecule has 6 heteroatoms. The van der Waals surface area contributed by atoms with Gasteiger partial charge in [0.05, 0.1) is 16.8 Å². The topological polar surface area (TPSA) is 71.5 Å². The van der Waals surface area contributed by atoms with Gasteiger partial charge in [0.1, 0.15) is 4.88 Å². The molecule has 1 amide bonds. The number of rotatable bonds is 6. The Balaban J connectivity index is 2.45. The molecule has 0 aromatic carbocycles. The Morgan fingerprint density at radius 2 is 2.41 bits per heavy atom. The molecule has 0 aliphatic heterocycles. The summed E-state index contributed by atoms with van der Waals surface area (Å²) in [6.45, 7) is 4.12. The molecule has 96 valence electrons. The van der Waals surface area contributed by atoms with E-state index in [9.17, 15) is 9.90 Å². The first-order valence-electron chi connectivity index (χ1n) is 5.36. The van der Waals surface area contributed by atoms with E-state index in [1.54, 1.807) is 26.5 Å². The van der Waals surface area contributed by atoms with Gasteiger partial charge in [-0.25, -0.2) is 4.98 Å². The maximum absolute atomic E-state index is 11.8. The minimum Gasteiger partial charge on any atom is -0.388 e. The second-order valence-corrected chi connectivity index (χ2v) is 5.04. The van der Waals surface area contributed by atoms with E-state index in [0.29, 0.717) is 23.6 Å². The highest BCUT2D eigenvalue weighted by Crippen LogP contribution is 2.13. The number of carbonyl (C=O) groups is 1. The molecule has 1 aromatic heterocycles. The maximum Gasteiger partial charge on any atom is 0.263 e. The van der Waals surface area contributed by atoms with E-state index in [-0.39, 0.29) is 12.5 Å². The number of thiazole rings is 1. The average molecular weight is 258 g/mol. The number of hydrogen-bond donors (Lipinski definition) is 2. The molecule has 1 rings (SSSR count). The zero-order valence-electron chi connectivity index (χ0n) is 10.3. The lowest BCUT2D eigenvalue weighted by Gasteiger charge is -2.23. The van der Waals surface area contributed by atoms with Crippen LogP contribution in [0.2, 0.25) is 0 Å². The summed E-state index contributed by atoms with van der Waals surface area (Å²) >= 11 is 1.30. The number of ether oxygens (including phenoxy) is 1. The summed E-state index contributed by atoms with van der Waals surface area (Å²) in [5.41, 5.74) is 1.39. The Bertz CT molecular complexity index is 377. The Morgan fingerprint density at radius 3 is 2.94 bits per heavy atom. The minimum atomic E-state index is -0.954. The third-order valence-electron chi connectivity index (χ3n) is 2.43. The van der Waals surface area contributed by atoms with Crippen molar-refractivity contribution in [1.29, 1.82) is 0 Å². The number of hydrogen-bond acceptors (Lipinski definition) is 5. The fraction of sp³-hybridized carbons (Fsp3) is 0.636. The van der Waals surface area contributed by atoms with Crippen molar-refractivity contribution < 1.29 is 14.6 Å². The number of aromatic nitrogens is 1. The van der Waals surface area contributed by atoms with Crippen molar-refractivity contribution in [3.8, 4) is 0 Å². The van der Waals surface area contributed by atoms with Crippen LogP contribution < -0.4 is 5.32 Å². The van der Waals surface area contributed by atoms with E-state index in [2.05, 4.69) is 10.3 Å². The second kappa shape index (κ2) is 6.09. The number of aliphatic hydroxyl groups is 1. The van der Waals surface area contributed by atoms with Gasteiger partial charge >= 0.3 is 0 Å². The van der Waals surface area contributed by atoms with Crippen LogP contribution >= 0.6 is 11.3 Å². The fourth-order valence-corrected chi connectivity index (χ4v) is 2.00. The molecule has 0 radical (unpaired) electrons. The van der Waals surface area contributed by atoms with Crippen LogP contribution in [-0.2, 0) is 4.74 Å². The smallest absolute Gasteiger partial charge is 0.263 e. The number of aryl methyl sites for hydroxylation is 1. The summed E-state index contributed by atoms with van der Waals surface area (Å²) < 4.78 is 4.90. The molecule has 0 saturated heterocycles. The molecular formula is C11H18N2O3S. The van der Waals surface area contributed by atoms with Gasteiger partial charge in [0, 0.05) is 26.7 Å². The quantitative estimate of drug-likeness (QED) is 0.797. The number of methoxy groups -OCH3 is 1. The highest BCUT2D eigenvalue weighted by molar-refractivity contribution is 7.11. The van der Waals surface area contributed by atoms with Gasteiger partial charge in [0.25, 0.3) is 5.91 Å². The van der Waals surface area contributed by atoms with E-state index < -0.39 is 5.60 Å². The van der Waals surface area contributed by atoms with Gasteiger partial charge in [-0.3, -0.25) is 4.79 Å². The molecule has 17 heavy (non-hydrogen) atoms. The van der Waals surface area contributed by atoms with Gasteiger partial charge < -0.3 is 15.2 Å². The molecule has 1 aromatic rings. The molecule has 0 aliphatic carbocycles. The third kappa shape index (κ3) is 4.41. The summed E-state index contributed by atoms with van der Waals surface area (Å²) in [4.78, 5) is 16.4. The maximum atomic E-state index is 11.8. The van der Waals surface area contributed by atoms with E-state index in [0.717, 1.165) is 0 Å². The van der Waals surface area contributed by atoms with Crippen LogP contribution in [0.3, 0.4) is 0 Å². The molecule has 5 nitrogen and oxygen atoms in total. The molecule has 0 spiro atoms. The Labute approximate surface area is 105 Å². The SMILES string of the molecule is COCCC(C)(O)CNC(=O)c1scnc1C. The normalized spacial score (nSPS) is 14.4. The summed E-state index contributed by atoms with van der Waals surface area (Å²) in [6.07, 6.45) is 0.478.